The first-order chi connectivity index (χ1) is 22.3. The van der Waals surface area contributed by atoms with Crippen molar-refractivity contribution in [1.29, 1.82) is 0 Å². The van der Waals surface area contributed by atoms with E-state index in [-0.39, 0.29) is 24.6 Å². The minimum Gasteiger partial charge on any atom is -0.351 e. The molecule has 1 aliphatic rings. The number of hydrogen-bond donors (Lipinski definition) is 2. The van der Waals surface area contributed by atoms with Gasteiger partial charge in [-0.25, -0.2) is 8.42 Å². The average molecular weight is 654 g/mol. The third kappa shape index (κ3) is 11.5. The number of benzene rings is 3. The maximum absolute atomic E-state index is 14.3. The Kier molecular flexibility index (Phi) is 14.0. The summed E-state index contributed by atoms with van der Waals surface area (Å²) in [5, 5.41) is 4.93. The number of ether oxygens (including phenoxy) is 2. The Bertz CT molecular complexity index is 1490. The number of carbonyl (C=O) groups excluding carboxylic acids is 2. The van der Waals surface area contributed by atoms with Gasteiger partial charge in [-0.2, -0.15) is 0 Å². The Morgan fingerprint density at radius 1 is 0.870 bits per heavy atom. The molecule has 10 nitrogen and oxygen atoms in total. The number of nitrogens with zero attached hydrogens (tertiary/aromatic N) is 1. The quantitative estimate of drug-likeness (QED) is 0.150. The van der Waals surface area contributed by atoms with Crippen LogP contribution in [0.25, 0.3) is 10.8 Å². The van der Waals surface area contributed by atoms with Gasteiger partial charge >= 0.3 is 0 Å². The van der Waals surface area contributed by atoms with Crippen LogP contribution in [0.15, 0.2) is 72.8 Å². The zero-order chi connectivity index (χ0) is 32.8. The second-order valence-electron chi connectivity index (χ2n) is 11.7. The molecular weight excluding hydrogens is 606 g/mol. The van der Waals surface area contributed by atoms with Gasteiger partial charge in [-0.3, -0.25) is 14.4 Å². The van der Waals surface area contributed by atoms with Crippen LogP contribution in [-0.4, -0.2) is 70.4 Å². The molecule has 1 fully saturated rings. The molecule has 0 heterocycles. The SMILES string of the molecule is CCOC(CN(CC1CCCCC1)C(=O)C(Cc1ccc2ccccc2c1)NC(=O)CONS(=O)(=O)Cc1ccccc1)OCC. The van der Waals surface area contributed by atoms with Gasteiger partial charge in [0.05, 0.1) is 12.3 Å². The van der Waals surface area contributed by atoms with Crippen LogP contribution in [0.4, 0.5) is 0 Å². The van der Waals surface area contributed by atoms with Gasteiger partial charge in [-0.15, -0.1) is 0 Å². The molecule has 1 atom stereocenters. The number of fused-ring (bicyclic) bond motifs is 1. The highest BCUT2D eigenvalue weighted by atomic mass is 32.2. The smallest absolute Gasteiger partial charge is 0.248 e. The van der Waals surface area contributed by atoms with Crippen molar-refractivity contribution in [2.45, 2.75) is 70.5 Å². The zero-order valence-corrected chi connectivity index (χ0v) is 27.7. The van der Waals surface area contributed by atoms with Gasteiger partial charge in [0.1, 0.15) is 12.6 Å². The number of nitrogens with one attached hydrogen (secondary N) is 2. The maximum Gasteiger partial charge on any atom is 0.248 e. The van der Waals surface area contributed by atoms with Crippen LogP contribution in [0.2, 0.25) is 0 Å². The number of sulfonamides is 1. The van der Waals surface area contributed by atoms with Gasteiger partial charge in [0.25, 0.3) is 0 Å². The number of rotatable bonds is 18. The third-order valence-corrected chi connectivity index (χ3v) is 9.15. The fourth-order valence-electron chi connectivity index (χ4n) is 5.91. The van der Waals surface area contributed by atoms with Crippen LogP contribution in [0.3, 0.4) is 0 Å². The average Bonchev–Trinajstić information content (AvgIpc) is 3.04. The van der Waals surface area contributed by atoms with Crippen molar-refractivity contribution >= 4 is 32.6 Å². The van der Waals surface area contributed by atoms with Crippen molar-refractivity contribution in [3.05, 3.63) is 83.9 Å². The molecule has 11 heteroatoms. The second-order valence-corrected chi connectivity index (χ2v) is 13.4. The summed E-state index contributed by atoms with van der Waals surface area (Å²) in [4.78, 5) is 36.4. The Hall–Kier alpha value is -3.35. The van der Waals surface area contributed by atoms with Crippen molar-refractivity contribution in [3.63, 3.8) is 0 Å². The molecule has 2 N–H and O–H groups in total. The molecule has 46 heavy (non-hydrogen) atoms. The van der Waals surface area contributed by atoms with E-state index in [9.17, 15) is 18.0 Å². The van der Waals surface area contributed by atoms with E-state index in [0.29, 0.717) is 31.2 Å². The molecule has 250 valence electrons. The van der Waals surface area contributed by atoms with E-state index in [0.717, 1.165) is 42.0 Å². The summed E-state index contributed by atoms with van der Waals surface area (Å²) in [5.41, 5.74) is 1.46. The predicted octanol–water partition coefficient (Wildman–Crippen LogP) is 4.73. The summed E-state index contributed by atoms with van der Waals surface area (Å²) in [6.07, 6.45) is 5.17. The fourth-order valence-corrected chi connectivity index (χ4v) is 6.84. The Balaban J connectivity index is 1.51. The summed E-state index contributed by atoms with van der Waals surface area (Å²) < 4.78 is 36.6. The van der Waals surface area contributed by atoms with E-state index in [1.807, 2.05) is 61.2 Å². The van der Waals surface area contributed by atoms with E-state index in [1.165, 1.54) is 6.42 Å². The van der Waals surface area contributed by atoms with Crippen molar-refractivity contribution in [1.82, 2.24) is 15.1 Å². The Morgan fingerprint density at radius 3 is 2.24 bits per heavy atom. The summed E-state index contributed by atoms with van der Waals surface area (Å²) in [7, 11) is -3.85. The molecule has 1 aliphatic carbocycles. The van der Waals surface area contributed by atoms with Crippen LogP contribution in [0, 0.1) is 5.92 Å². The number of amides is 2. The van der Waals surface area contributed by atoms with E-state index in [1.54, 1.807) is 35.2 Å². The summed E-state index contributed by atoms with van der Waals surface area (Å²) in [5.74, 6) is -0.817. The van der Waals surface area contributed by atoms with Crippen LogP contribution in [0.1, 0.15) is 57.1 Å². The summed E-state index contributed by atoms with van der Waals surface area (Å²) in [6, 6.07) is 21.7. The van der Waals surface area contributed by atoms with Gasteiger partial charge in [0.2, 0.25) is 21.8 Å². The van der Waals surface area contributed by atoms with Crippen LogP contribution < -0.4 is 10.2 Å². The molecule has 3 aromatic rings. The topological polar surface area (TPSA) is 123 Å². The zero-order valence-electron chi connectivity index (χ0n) is 26.9. The predicted molar refractivity (Wildman–Crippen MR) is 178 cm³/mol. The molecule has 0 aromatic heterocycles. The lowest BCUT2D eigenvalue weighted by Gasteiger charge is -2.34. The largest absolute Gasteiger partial charge is 0.351 e. The molecule has 0 bridgehead atoms. The van der Waals surface area contributed by atoms with Gasteiger partial charge in [0.15, 0.2) is 6.29 Å². The molecule has 2 amide bonds. The number of carbonyl (C=O) groups is 2. The summed E-state index contributed by atoms with van der Waals surface area (Å²) in [6.45, 7) is 4.81. The number of hydrogen-bond acceptors (Lipinski definition) is 7. The minimum atomic E-state index is -3.85. The highest BCUT2D eigenvalue weighted by molar-refractivity contribution is 7.88. The lowest BCUT2D eigenvalue weighted by Crippen LogP contribution is -2.53. The van der Waals surface area contributed by atoms with Gasteiger partial charge in [-0.05, 0) is 54.5 Å². The van der Waals surface area contributed by atoms with E-state index < -0.39 is 34.9 Å². The maximum atomic E-state index is 14.3. The highest BCUT2D eigenvalue weighted by Crippen LogP contribution is 2.25. The normalized spacial score (nSPS) is 14.8. The molecule has 0 radical (unpaired) electrons. The van der Waals surface area contributed by atoms with Crippen molar-refractivity contribution in [2.75, 3.05) is 32.9 Å². The molecule has 3 aromatic carbocycles. The molecule has 0 saturated heterocycles. The molecule has 1 saturated carbocycles. The van der Waals surface area contributed by atoms with E-state index >= 15 is 0 Å². The first-order valence-electron chi connectivity index (χ1n) is 16.2. The Labute approximate surface area is 272 Å². The Morgan fingerprint density at radius 2 is 1.54 bits per heavy atom. The molecule has 1 unspecified atom stereocenters. The minimum absolute atomic E-state index is 0.233. The second kappa shape index (κ2) is 18.1. The lowest BCUT2D eigenvalue weighted by molar-refractivity contribution is -0.161. The molecular formula is C35H47N3O7S. The van der Waals surface area contributed by atoms with Crippen LogP contribution >= 0.6 is 0 Å². The van der Waals surface area contributed by atoms with Crippen LogP contribution in [0.5, 0.6) is 0 Å². The van der Waals surface area contributed by atoms with Gasteiger partial charge in [-0.1, -0.05) is 96.9 Å². The van der Waals surface area contributed by atoms with Gasteiger partial charge in [0, 0.05) is 26.2 Å². The molecule has 0 aliphatic heterocycles. The third-order valence-electron chi connectivity index (χ3n) is 8.07. The monoisotopic (exact) mass is 653 g/mol. The van der Waals surface area contributed by atoms with E-state index in [2.05, 4.69) is 5.32 Å². The van der Waals surface area contributed by atoms with Crippen molar-refractivity contribution in [3.8, 4) is 0 Å². The van der Waals surface area contributed by atoms with Crippen molar-refractivity contribution in [2.24, 2.45) is 5.92 Å². The molecule has 0 spiro atoms. The molecule has 4 rings (SSSR count). The lowest BCUT2D eigenvalue weighted by atomic mass is 9.88. The first-order valence-corrected chi connectivity index (χ1v) is 17.9. The van der Waals surface area contributed by atoms with Crippen LogP contribution in [-0.2, 0) is 46.1 Å². The van der Waals surface area contributed by atoms with E-state index in [4.69, 9.17) is 14.3 Å². The summed E-state index contributed by atoms with van der Waals surface area (Å²) >= 11 is 0. The highest BCUT2D eigenvalue weighted by Gasteiger charge is 2.31. The van der Waals surface area contributed by atoms with Gasteiger partial charge < -0.3 is 19.7 Å². The standard InChI is InChI=1S/C35H47N3O7S/c1-3-43-34(44-4-2)24-38(23-27-13-7-5-8-14-27)35(40)32(22-29-19-20-30-17-11-12-18-31(30)21-29)36-33(39)25-45-37-46(41,42)26-28-15-9-6-10-16-28/h6,9-12,15-21,27,32,34,37H,3-5,7-8,13-14,22-26H2,1-2H3,(H,36,39). The first kappa shape index (κ1) is 35.5. The van der Waals surface area contributed by atoms with Crippen molar-refractivity contribution < 1.29 is 32.3 Å². The fraction of sp³-hybridized carbons (Fsp3) is 0.486.